The first-order valence-corrected chi connectivity index (χ1v) is 6.12. The van der Waals surface area contributed by atoms with E-state index in [0.29, 0.717) is 19.7 Å². The molecule has 104 valence electrons. The van der Waals surface area contributed by atoms with E-state index >= 15 is 0 Å². The first kappa shape index (κ1) is 14.9. The summed E-state index contributed by atoms with van der Waals surface area (Å²) in [6, 6.07) is 7.49. The molecule has 2 N–H and O–H groups in total. The number of methoxy groups -OCH3 is 1. The molecule has 1 rings (SSSR count). The highest BCUT2D eigenvalue weighted by Crippen LogP contribution is 2.16. The number of hydrogen-bond donors (Lipinski definition) is 2. The average Bonchev–Trinajstić information content (AvgIpc) is 2.47. The van der Waals surface area contributed by atoms with Gasteiger partial charge in [0.2, 0.25) is 0 Å². The Bertz CT molecular complexity index is 402. The van der Waals surface area contributed by atoms with Crippen LogP contribution < -0.4 is 20.1 Å². The molecule has 0 unspecified atom stereocenters. The van der Waals surface area contributed by atoms with Gasteiger partial charge < -0.3 is 20.1 Å². The summed E-state index contributed by atoms with van der Waals surface area (Å²) in [6.45, 7) is 5.54. The molecule has 5 heteroatoms. The third-order valence-corrected chi connectivity index (χ3v) is 2.36. The highest BCUT2D eigenvalue weighted by Gasteiger charge is 1.97. The first-order chi connectivity index (χ1) is 9.30. The van der Waals surface area contributed by atoms with Crippen LogP contribution in [0.5, 0.6) is 11.5 Å². The summed E-state index contributed by atoms with van der Waals surface area (Å²) in [6.07, 6.45) is 1.78. The summed E-state index contributed by atoms with van der Waals surface area (Å²) in [5.74, 6) is 2.37. The maximum atomic E-state index is 5.58. The van der Waals surface area contributed by atoms with Gasteiger partial charge in [0.25, 0.3) is 0 Å². The van der Waals surface area contributed by atoms with Crippen molar-refractivity contribution < 1.29 is 9.47 Å². The van der Waals surface area contributed by atoms with Gasteiger partial charge in [0, 0.05) is 13.6 Å². The van der Waals surface area contributed by atoms with Crippen LogP contribution in [0.2, 0.25) is 0 Å². The van der Waals surface area contributed by atoms with E-state index in [-0.39, 0.29) is 0 Å². The smallest absolute Gasteiger partial charge is 0.191 e. The number of guanidine groups is 1. The Labute approximate surface area is 114 Å². The first-order valence-electron chi connectivity index (χ1n) is 6.12. The molecule has 0 radical (unpaired) electrons. The molecule has 0 amide bonds. The van der Waals surface area contributed by atoms with Crippen LogP contribution in [-0.2, 0) is 0 Å². The van der Waals surface area contributed by atoms with E-state index in [2.05, 4.69) is 22.2 Å². The lowest BCUT2D eigenvalue weighted by atomic mass is 10.3. The fourth-order valence-corrected chi connectivity index (χ4v) is 1.40. The number of ether oxygens (including phenoxy) is 2. The lowest BCUT2D eigenvalue weighted by molar-refractivity contribution is 0.321. The standard InChI is InChI=1S/C14H21N3O2/c1-4-9-16-14(15-2)17-10-11-19-13-7-5-12(18-3)6-8-13/h4-8H,1,9-11H2,2-3H3,(H2,15,16,17). The number of nitrogens with zero attached hydrogens (tertiary/aromatic N) is 1. The predicted octanol–water partition coefficient (Wildman–Crippen LogP) is 1.42. The van der Waals surface area contributed by atoms with Crippen LogP contribution in [0.3, 0.4) is 0 Å². The largest absolute Gasteiger partial charge is 0.497 e. The molecule has 0 aliphatic carbocycles. The molecule has 0 heterocycles. The second kappa shape index (κ2) is 8.85. The Balaban J connectivity index is 2.24. The Kier molecular flexibility index (Phi) is 6.94. The Morgan fingerprint density at radius 2 is 1.95 bits per heavy atom. The van der Waals surface area contributed by atoms with Gasteiger partial charge >= 0.3 is 0 Å². The van der Waals surface area contributed by atoms with Gasteiger partial charge in [-0.25, -0.2) is 0 Å². The Morgan fingerprint density at radius 3 is 2.53 bits per heavy atom. The maximum Gasteiger partial charge on any atom is 0.191 e. The van der Waals surface area contributed by atoms with Crippen molar-refractivity contribution in [2.45, 2.75) is 0 Å². The number of rotatable bonds is 7. The summed E-state index contributed by atoms with van der Waals surface area (Å²) in [7, 11) is 3.37. The van der Waals surface area contributed by atoms with Gasteiger partial charge in [-0.1, -0.05) is 6.08 Å². The van der Waals surface area contributed by atoms with Crippen LogP contribution >= 0.6 is 0 Å². The van der Waals surface area contributed by atoms with Crippen LogP contribution in [0.15, 0.2) is 41.9 Å². The van der Waals surface area contributed by atoms with Crippen LogP contribution in [0.4, 0.5) is 0 Å². The molecule has 0 aliphatic rings. The van der Waals surface area contributed by atoms with Crippen molar-refractivity contribution in [3.63, 3.8) is 0 Å². The molecule has 0 aliphatic heterocycles. The van der Waals surface area contributed by atoms with Gasteiger partial charge in [0.1, 0.15) is 18.1 Å². The number of nitrogens with one attached hydrogen (secondary N) is 2. The van der Waals surface area contributed by atoms with Crippen LogP contribution in [-0.4, -0.2) is 39.8 Å². The molecule has 0 bridgehead atoms. The fraction of sp³-hybridized carbons (Fsp3) is 0.357. The molecule has 0 fully saturated rings. The predicted molar refractivity (Wildman–Crippen MR) is 78.1 cm³/mol. The van der Waals surface area contributed by atoms with E-state index in [0.717, 1.165) is 17.5 Å². The van der Waals surface area contributed by atoms with E-state index in [9.17, 15) is 0 Å². The van der Waals surface area contributed by atoms with Crippen molar-refractivity contribution in [1.82, 2.24) is 10.6 Å². The van der Waals surface area contributed by atoms with Gasteiger partial charge in [0.05, 0.1) is 13.7 Å². The summed E-state index contributed by atoms with van der Waals surface area (Å²) < 4.78 is 10.7. The monoisotopic (exact) mass is 263 g/mol. The maximum absolute atomic E-state index is 5.58. The van der Waals surface area contributed by atoms with E-state index in [1.165, 1.54) is 0 Å². The number of benzene rings is 1. The molecule has 19 heavy (non-hydrogen) atoms. The fourth-order valence-electron chi connectivity index (χ4n) is 1.40. The van der Waals surface area contributed by atoms with Gasteiger partial charge in [-0.05, 0) is 24.3 Å². The minimum atomic E-state index is 0.557. The minimum absolute atomic E-state index is 0.557. The average molecular weight is 263 g/mol. The second-order valence-corrected chi connectivity index (χ2v) is 3.69. The molecule has 5 nitrogen and oxygen atoms in total. The SMILES string of the molecule is C=CCNC(=NC)NCCOc1ccc(OC)cc1. The highest BCUT2D eigenvalue weighted by molar-refractivity contribution is 5.79. The molecular weight excluding hydrogens is 242 g/mol. The highest BCUT2D eigenvalue weighted by atomic mass is 16.5. The number of hydrogen-bond acceptors (Lipinski definition) is 3. The lowest BCUT2D eigenvalue weighted by Crippen LogP contribution is -2.39. The summed E-state index contributed by atoms with van der Waals surface area (Å²) in [4.78, 5) is 4.07. The van der Waals surface area contributed by atoms with E-state index in [1.54, 1.807) is 20.2 Å². The second-order valence-electron chi connectivity index (χ2n) is 3.69. The molecule has 1 aromatic rings. The van der Waals surface area contributed by atoms with Gasteiger partial charge in [-0.15, -0.1) is 6.58 Å². The molecule has 0 saturated heterocycles. The Hall–Kier alpha value is -2.17. The normalized spacial score (nSPS) is 10.7. The lowest BCUT2D eigenvalue weighted by Gasteiger charge is -2.11. The molecular formula is C14H21N3O2. The molecule has 0 saturated carbocycles. The number of aliphatic imine (C=N–C) groups is 1. The summed E-state index contributed by atoms with van der Waals surface area (Å²) in [5, 5.41) is 6.22. The van der Waals surface area contributed by atoms with Crippen molar-refractivity contribution >= 4 is 5.96 Å². The van der Waals surface area contributed by atoms with Gasteiger partial charge in [-0.3, -0.25) is 4.99 Å². The van der Waals surface area contributed by atoms with Crippen LogP contribution in [0, 0.1) is 0 Å². The molecule has 0 aromatic heterocycles. The van der Waals surface area contributed by atoms with Crippen LogP contribution in [0.1, 0.15) is 0 Å². The quantitative estimate of drug-likeness (QED) is 0.338. The van der Waals surface area contributed by atoms with Crippen LogP contribution in [0.25, 0.3) is 0 Å². The van der Waals surface area contributed by atoms with E-state index in [1.807, 2.05) is 24.3 Å². The van der Waals surface area contributed by atoms with Gasteiger partial charge in [0.15, 0.2) is 5.96 Å². The molecule has 1 aromatic carbocycles. The summed E-state index contributed by atoms with van der Waals surface area (Å²) in [5.41, 5.74) is 0. The zero-order chi connectivity index (χ0) is 13.9. The zero-order valence-corrected chi connectivity index (χ0v) is 11.5. The third-order valence-electron chi connectivity index (χ3n) is 2.36. The summed E-state index contributed by atoms with van der Waals surface area (Å²) >= 11 is 0. The van der Waals surface area contributed by atoms with Crippen molar-refractivity contribution in [3.05, 3.63) is 36.9 Å². The van der Waals surface area contributed by atoms with Gasteiger partial charge in [-0.2, -0.15) is 0 Å². The van der Waals surface area contributed by atoms with E-state index in [4.69, 9.17) is 9.47 Å². The molecule has 0 spiro atoms. The van der Waals surface area contributed by atoms with Crippen molar-refractivity contribution in [3.8, 4) is 11.5 Å². The topological polar surface area (TPSA) is 54.9 Å². The molecule has 0 atom stereocenters. The van der Waals surface area contributed by atoms with Crippen molar-refractivity contribution in [2.75, 3.05) is 33.9 Å². The third kappa shape index (κ3) is 5.81. The van der Waals surface area contributed by atoms with Crippen molar-refractivity contribution in [2.24, 2.45) is 4.99 Å². The van der Waals surface area contributed by atoms with Crippen molar-refractivity contribution in [1.29, 1.82) is 0 Å². The Morgan fingerprint density at radius 1 is 1.26 bits per heavy atom. The van der Waals surface area contributed by atoms with E-state index < -0.39 is 0 Å². The minimum Gasteiger partial charge on any atom is -0.497 e. The zero-order valence-electron chi connectivity index (χ0n) is 11.5.